The Balaban J connectivity index is 2.51. The van der Waals surface area contributed by atoms with E-state index in [0.29, 0.717) is 19.8 Å². The third kappa shape index (κ3) is 2.52. The molecule has 1 nitrogen and oxygen atoms in total. The van der Waals surface area contributed by atoms with E-state index in [4.69, 9.17) is 23.2 Å². The highest BCUT2D eigenvalue weighted by molar-refractivity contribution is 7.91. The van der Waals surface area contributed by atoms with Gasteiger partial charge in [-0.05, 0) is 37.1 Å². The summed E-state index contributed by atoms with van der Waals surface area (Å²) in [6, 6.07) is 11.0. The summed E-state index contributed by atoms with van der Waals surface area (Å²) in [7, 11) is 0. The van der Waals surface area contributed by atoms with E-state index >= 15 is 0 Å². The second-order valence-corrected chi connectivity index (χ2v) is 6.22. The molecule has 0 unspecified atom stereocenters. The van der Waals surface area contributed by atoms with Gasteiger partial charge in [0.15, 0.2) is 9.79 Å². The molecule has 0 fully saturated rings. The van der Waals surface area contributed by atoms with Gasteiger partial charge < -0.3 is 4.55 Å². The first-order valence-corrected chi connectivity index (χ1v) is 7.35. The Bertz CT molecular complexity index is 533. The number of hydrogen-bond donors (Lipinski definition) is 0. The molecule has 4 heteroatoms. The molecule has 94 valence electrons. The Morgan fingerprint density at radius 2 is 1.22 bits per heavy atom. The van der Waals surface area contributed by atoms with Crippen molar-refractivity contribution in [1.82, 2.24) is 0 Å². The summed E-state index contributed by atoms with van der Waals surface area (Å²) in [4.78, 5) is 1.20. The molecule has 0 spiro atoms. The van der Waals surface area contributed by atoms with Crippen LogP contribution in [0.1, 0.15) is 11.1 Å². The largest absolute Gasteiger partial charge is 0.606 e. The van der Waals surface area contributed by atoms with E-state index in [1.54, 1.807) is 12.1 Å². The molecule has 18 heavy (non-hydrogen) atoms. The van der Waals surface area contributed by atoms with Crippen molar-refractivity contribution in [2.24, 2.45) is 0 Å². The normalized spacial score (nSPS) is 11.0. The number of aryl methyl sites for hydroxylation is 2. The Labute approximate surface area is 120 Å². The Hall–Kier alpha value is -0.670. The van der Waals surface area contributed by atoms with Gasteiger partial charge in [-0.2, -0.15) is 0 Å². The smallest absolute Gasteiger partial charge is 0.177 e. The van der Waals surface area contributed by atoms with Gasteiger partial charge in [0.25, 0.3) is 0 Å². The second-order valence-electron chi connectivity index (χ2n) is 4.04. The molecule has 0 N–H and O–H groups in total. The van der Waals surface area contributed by atoms with Gasteiger partial charge in [-0.15, -0.1) is 0 Å². The molecule has 0 atom stereocenters. The van der Waals surface area contributed by atoms with Crippen LogP contribution in [-0.4, -0.2) is 4.55 Å². The maximum Gasteiger partial charge on any atom is 0.177 e. The van der Waals surface area contributed by atoms with E-state index in [0.717, 1.165) is 11.1 Å². The lowest BCUT2D eigenvalue weighted by Crippen LogP contribution is -2.05. The van der Waals surface area contributed by atoms with Crippen molar-refractivity contribution in [2.75, 3.05) is 0 Å². The van der Waals surface area contributed by atoms with Gasteiger partial charge in [-0.3, -0.25) is 0 Å². The maximum atomic E-state index is 12.5. The molecule has 2 rings (SSSR count). The fourth-order valence-corrected chi connectivity index (χ4v) is 3.61. The summed E-state index contributed by atoms with van der Waals surface area (Å²) in [5.41, 5.74) is 1.82. The first-order chi connectivity index (χ1) is 8.52. The first-order valence-electron chi connectivity index (χ1n) is 5.44. The molecular weight excluding hydrogens is 287 g/mol. The van der Waals surface area contributed by atoms with Crippen molar-refractivity contribution in [2.45, 2.75) is 23.6 Å². The zero-order valence-corrected chi connectivity index (χ0v) is 12.4. The lowest BCUT2D eigenvalue weighted by Gasteiger charge is -2.14. The monoisotopic (exact) mass is 298 g/mol. The van der Waals surface area contributed by atoms with Crippen molar-refractivity contribution in [3.8, 4) is 0 Å². The highest BCUT2D eigenvalue weighted by Gasteiger charge is 2.22. The van der Waals surface area contributed by atoms with Crippen molar-refractivity contribution in [3.05, 3.63) is 57.6 Å². The van der Waals surface area contributed by atoms with E-state index in [1.807, 2.05) is 38.1 Å². The van der Waals surface area contributed by atoms with Crippen LogP contribution in [0.2, 0.25) is 10.0 Å². The predicted molar refractivity (Wildman–Crippen MR) is 77.1 cm³/mol. The fraction of sp³-hybridized carbons (Fsp3) is 0.143. The summed E-state index contributed by atoms with van der Waals surface area (Å²) in [6.45, 7) is 3.78. The lowest BCUT2D eigenvalue weighted by molar-refractivity contribution is 0.595. The predicted octanol–water partition coefficient (Wildman–Crippen LogP) is 4.78. The second kappa shape index (κ2) is 5.54. The van der Waals surface area contributed by atoms with Crippen LogP contribution >= 0.6 is 23.2 Å². The van der Waals surface area contributed by atoms with Crippen LogP contribution in [0.3, 0.4) is 0 Å². The molecule has 2 aromatic rings. The third-order valence-corrected chi connectivity index (χ3v) is 5.42. The molecule has 0 amide bonds. The van der Waals surface area contributed by atoms with Gasteiger partial charge in [-0.25, -0.2) is 0 Å². The number of rotatable bonds is 2. The minimum absolute atomic E-state index is 0.536. The summed E-state index contributed by atoms with van der Waals surface area (Å²) in [5, 5.41) is 1.07. The minimum Gasteiger partial charge on any atom is -0.606 e. The van der Waals surface area contributed by atoms with Crippen molar-refractivity contribution < 1.29 is 4.55 Å². The average Bonchev–Trinajstić information content (AvgIpc) is 2.35. The fourth-order valence-electron chi connectivity index (χ4n) is 1.65. The SMILES string of the molecule is Cc1cccc([S+]([O-])c2cccc(C)c2Cl)c1Cl. The van der Waals surface area contributed by atoms with Crippen LogP contribution < -0.4 is 0 Å². The zero-order valence-electron chi connectivity index (χ0n) is 10.0. The van der Waals surface area contributed by atoms with Crippen molar-refractivity contribution in [1.29, 1.82) is 0 Å². The standard InChI is InChI=1S/C14H12Cl2OS/c1-9-5-3-7-11(13(9)15)18(17)12-8-4-6-10(2)14(12)16/h3-8H,1-2H3. The third-order valence-electron chi connectivity index (χ3n) is 2.71. The van der Waals surface area contributed by atoms with Gasteiger partial charge in [0, 0.05) is 11.2 Å². The van der Waals surface area contributed by atoms with E-state index in [1.165, 1.54) is 0 Å². The molecule has 0 radical (unpaired) electrons. The van der Waals surface area contributed by atoms with Crippen molar-refractivity contribution in [3.63, 3.8) is 0 Å². The molecule has 0 aliphatic carbocycles. The van der Waals surface area contributed by atoms with Crippen LogP contribution in [0.15, 0.2) is 46.2 Å². The Kier molecular flexibility index (Phi) is 4.23. The van der Waals surface area contributed by atoms with Crippen LogP contribution in [0.5, 0.6) is 0 Å². The van der Waals surface area contributed by atoms with Gasteiger partial charge in [0.2, 0.25) is 0 Å². The topological polar surface area (TPSA) is 23.1 Å². The quantitative estimate of drug-likeness (QED) is 0.732. The van der Waals surface area contributed by atoms with E-state index in [2.05, 4.69) is 0 Å². The zero-order chi connectivity index (χ0) is 13.3. The summed E-state index contributed by atoms with van der Waals surface area (Å²) in [5.74, 6) is 0. The molecule has 0 aliphatic rings. The first kappa shape index (κ1) is 13.8. The molecular formula is C14H12Cl2OS. The maximum absolute atomic E-state index is 12.5. The molecule has 0 aromatic heterocycles. The number of hydrogen-bond acceptors (Lipinski definition) is 1. The highest BCUT2D eigenvalue weighted by Crippen LogP contribution is 2.34. The molecule has 0 aliphatic heterocycles. The van der Waals surface area contributed by atoms with Gasteiger partial charge in [0.1, 0.15) is 0 Å². The number of benzene rings is 2. The molecule has 0 heterocycles. The Morgan fingerprint density at radius 1 is 0.833 bits per heavy atom. The van der Waals surface area contributed by atoms with E-state index < -0.39 is 11.2 Å². The van der Waals surface area contributed by atoms with Crippen LogP contribution in [0, 0.1) is 13.8 Å². The molecule has 0 saturated carbocycles. The summed E-state index contributed by atoms with van der Waals surface area (Å²) < 4.78 is 12.5. The Morgan fingerprint density at radius 3 is 1.61 bits per heavy atom. The minimum atomic E-state index is -1.35. The number of halogens is 2. The van der Waals surface area contributed by atoms with E-state index in [9.17, 15) is 4.55 Å². The van der Waals surface area contributed by atoms with Gasteiger partial charge in [0.05, 0.1) is 10.0 Å². The summed E-state index contributed by atoms with van der Waals surface area (Å²) >= 11 is 11.0. The van der Waals surface area contributed by atoms with Gasteiger partial charge in [-0.1, -0.05) is 47.5 Å². The molecule has 0 bridgehead atoms. The molecule has 0 saturated heterocycles. The molecule has 2 aromatic carbocycles. The average molecular weight is 299 g/mol. The van der Waals surface area contributed by atoms with E-state index in [-0.39, 0.29) is 0 Å². The van der Waals surface area contributed by atoms with Gasteiger partial charge >= 0.3 is 0 Å². The van der Waals surface area contributed by atoms with Crippen LogP contribution in [0.4, 0.5) is 0 Å². The summed E-state index contributed by atoms with van der Waals surface area (Å²) in [6.07, 6.45) is 0. The lowest BCUT2D eigenvalue weighted by atomic mass is 10.2. The van der Waals surface area contributed by atoms with Crippen LogP contribution in [0.25, 0.3) is 0 Å². The highest BCUT2D eigenvalue weighted by atomic mass is 35.5. The van der Waals surface area contributed by atoms with Crippen molar-refractivity contribution >= 4 is 34.4 Å². The van der Waals surface area contributed by atoms with Crippen LogP contribution in [-0.2, 0) is 11.2 Å².